The third kappa shape index (κ3) is 3.23. The fourth-order valence-corrected chi connectivity index (χ4v) is 3.33. The van der Waals surface area contributed by atoms with Gasteiger partial charge in [0.15, 0.2) is 11.6 Å². The molecule has 134 valence electrons. The SMILES string of the molecule is CCOC(=O)C1(C(C)C)CCN(c2ccc(-n3ccc(C)n3)nn2)C1. The van der Waals surface area contributed by atoms with E-state index in [1.165, 1.54) is 0 Å². The number of ether oxygens (including phenoxy) is 1. The van der Waals surface area contributed by atoms with Crippen LogP contribution in [0.25, 0.3) is 5.82 Å². The van der Waals surface area contributed by atoms with Crippen molar-refractivity contribution < 1.29 is 9.53 Å². The molecule has 0 amide bonds. The molecule has 25 heavy (non-hydrogen) atoms. The lowest BCUT2D eigenvalue weighted by molar-refractivity contribution is -0.156. The van der Waals surface area contributed by atoms with Crippen LogP contribution in [0.5, 0.6) is 0 Å². The second kappa shape index (κ2) is 6.82. The minimum atomic E-state index is -0.477. The Kier molecular flexibility index (Phi) is 4.74. The maximum atomic E-state index is 12.5. The summed E-state index contributed by atoms with van der Waals surface area (Å²) in [5, 5.41) is 13.0. The second-order valence-electron chi connectivity index (χ2n) is 6.85. The van der Waals surface area contributed by atoms with Gasteiger partial charge in [-0.05, 0) is 44.4 Å². The molecule has 0 aromatic carbocycles. The third-order valence-electron chi connectivity index (χ3n) is 5.01. The van der Waals surface area contributed by atoms with E-state index in [1.54, 1.807) is 4.68 Å². The predicted molar refractivity (Wildman–Crippen MR) is 94.6 cm³/mol. The first kappa shape index (κ1) is 17.4. The van der Waals surface area contributed by atoms with Crippen LogP contribution in [0.15, 0.2) is 24.4 Å². The number of anilines is 1. The smallest absolute Gasteiger partial charge is 0.314 e. The summed E-state index contributed by atoms with van der Waals surface area (Å²) in [4.78, 5) is 14.6. The molecule has 2 aromatic rings. The summed E-state index contributed by atoms with van der Waals surface area (Å²) in [5.41, 5.74) is 0.455. The Morgan fingerprint density at radius 1 is 1.28 bits per heavy atom. The summed E-state index contributed by atoms with van der Waals surface area (Å²) in [7, 11) is 0. The lowest BCUT2D eigenvalue weighted by Gasteiger charge is -2.30. The molecular formula is C18H25N5O2. The molecule has 0 N–H and O–H groups in total. The molecule has 1 aliphatic rings. The standard InChI is InChI=1S/C18H25N5O2/c1-5-25-17(24)18(13(2)3)9-11-22(12-18)15-6-7-16(20-19-15)23-10-8-14(4)21-23/h6-8,10,13H,5,9,11-12H2,1-4H3. The third-order valence-corrected chi connectivity index (χ3v) is 5.01. The van der Waals surface area contributed by atoms with Gasteiger partial charge in [-0.3, -0.25) is 4.79 Å². The van der Waals surface area contributed by atoms with Gasteiger partial charge in [-0.1, -0.05) is 13.8 Å². The molecular weight excluding hydrogens is 318 g/mol. The van der Waals surface area contributed by atoms with E-state index in [1.807, 2.05) is 38.2 Å². The topological polar surface area (TPSA) is 73.1 Å². The molecule has 3 heterocycles. The number of nitrogens with zero attached hydrogens (tertiary/aromatic N) is 5. The molecule has 7 heteroatoms. The van der Waals surface area contributed by atoms with Crippen LogP contribution in [0.1, 0.15) is 32.9 Å². The maximum absolute atomic E-state index is 12.5. The summed E-state index contributed by atoms with van der Waals surface area (Å²) in [6.45, 7) is 9.73. The first-order valence-corrected chi connectivity index (χ1v) is 8.75. The van der Waals surface area contributed by atoms with Crippen LogP contribution in [0, 0.1) is 18.3 Å². The molecule has 1 atom stereocenters. The number of hydrogen-bond acceptors (Lipinski definition) is 6. The molecule has 0 saturated carbocycles. The van der Waals surface area contributed by atoms with Crippen LogP contribution < -0.4 is 4.90 Å². The van der Waals surface area contributed by atoms with Crippen molar-refractivity contribution in [2.75, 3.05) is 24.6 Å². The molecule has 2 aromatic heterocycles. The summed E-state index contributed by atoms with van der Waals surface area (Å²) in [5.74, 6) is 1.55. The van der Waals surface area contributed by atoms with Gasteiger partial charge in [-0.25, -0.2) is 4.68 Å². The average Bonchev–Trinajstić information content (AvgIpc) is 3.23. The Hall–Kier alpha value is -2.44. The fourth-order valence-electron chi connectivity index (χ4n) is 3.33. The van der Waals surface area contributed by atoms with Gasteiger partial charge in [0.2, 0.25) is 0 Å². The van der Waals surface area contributed by atoms with Crippen molar-refractivity contribution in [3.8, 4) is 5.82 Å². The molecule has 3 rings (SSSR count). The van der Waals surface area contributed by atoms with Crippen molar-refractivity contribution in [2.45, 2.75) is 34.1 Å². The van der Waals surface area contributed by atoms with Crippen molar-refractivity contribution in [1.82, 2.24) is 20.0 Å². The largest absolute Gasteiger partial charge is 0.466 e. The van der Waals surface area contributed by atoms with Crippen molar-refractivity contribution in [1.29, 1.82) is 0 Å². The van der Waals surface area contributed by atoms with Crippen LogP contribution in [0.2, 0.25) is 0 Å². The van der Waals surface area contributed by atoms with Gasteiger partial charge in [-0.2, -0.15) is 5.10 Å². The van der Waals surface area contributed by atoms with Crippen LogP contribution in [0.4, 0.5) is 5.82 Å². The number of rotatable bonds is 5. The number of hydrogen-bond donors (Lipinski definition) is 0. The van der Waals surface area contributed by atoms with Gasteiger partial charge in [0.05, 0.1) is 17.7 Å². The first-order valence-electron chi connectivity index (χ1n) is 8.75. The summed E-state index contributed by atoms with van der Waals surface area (Å²) >= 11 is 0. The number of carbonyl (C=O) groups excluding carboxylic acids is 1. The van der Waals surface area contributed by atoms with Crippen molar-refractivity contribution >= 4 is 11.8 Å². The van der Waals surface area contributed by atoms with Crippen molar-refractivity contribution in [2.24, 2.45) is 11.3 Å². The normalized spacial score (nSPS) is 20.3. The molecule has 1 unspecified atom stereocenters. The Labute approximate surface area is 148 Å². The zero-order valence-electron chi connectivity index (χ0n) is 15.3. The van der Waals surface area contributed by atoms with E-state index in [0.717, 1.165) is 24.5 Å². The van der Waals surface area contributed by atoms with Crippen molar-refractivity contribution in [3.05, 3.63) is 30.1 Å². The van der Waals surface area contributed by atoms with E-state index in [0.29, 0.717) is 19.0 Å². The van der Waals surface area contributed by atoms with Gasteiger partial charge < -0.3 is 9.64 Å². The van der Waals surface area contributed by atoms with E-state index >= 15 is 0 Å². The predicted octanol–water partition coefficient (Wildman–Crippen LogP) is 2.39. The molecule has 7 nitrogen and oxygen atoms in total. The lowest BCUT2D eigenvalue weighted by atomic mass is 9.76. The second-order valence-corrected chi connectivity index (χ2v) is 6.85. The minimum Gasteiger partial charge on any atom is -0.466 e. The first-order chi connectivity index (χ1) is 12.0. The fraction of sp³-hybridized carbons (Fsp3) is 0.556. The van der Waals surface area contributed by atoms with E-state index < -0.39 is 5.41 Å². The van der Waals surface area contributed by atoms with Crippen molar-refractivity contribution in [3.63, 3.8) is 0 Å². The highest BCUT2D eigenvalue weighted by atomic mass is 16.5. The van der Waals surface area contributed by atoms with Gasteiger partial charge in [0.1, 0.15) is 0 Å². The molecule has 1 saturated heterocycles. The average molecular weight is 343 g/mol. The maximum Gasteiger partial charge on any atom is 0.314 e. The van der Waals surface area contributed by atoms with Gasteiger partial charge in [-0.15, -0.1) is 10.2 Å². The molecule has 0 radical (unpaired) electrons. The summed E-state index contributed by atoms with van der Waals surface area (Å²) < 4.78 is 7.04. The Morgan fingerprint density at radius 2 is 2.00 bits per heavy atom. The van der Waals surface area contributed by atoms with Crippen LogP contribution in [-0.4, -0.2) is 45.6 Å². The minimum absolute atomic E-state index is 0.107. The van der Waals surface area contributed by atoms with Gasteiger partial charge in [0, 0.05) is 19.3 Å². The van der Waals surface area contributed by atoms with Crippen LogP contribution in [0.3, 0.4) is 0 Å². The van der Waals surface area contributed by atoms with E-state index in [9.17, 15) is 4.79 Å². The monoisotopic (exact) mass is 343 g/mol. The quantitative estimate of drug-likeness (QED) is 0.776. The molecule has 0 bridgehead atoms. The Balaban J connectivity index is 1.78. The number of esters is 1. The summed E-state index contributed by atoms with van der Waals surface area (Å²) in [6, 6.07) is 5.75. The molecule has 1 fully saturated rings. The molecule has 1 aliphatic heterocycles. The molecule has 0 aliphatic carbocycles. The zero-order chi connectivity index (χ0) is 18.0. The van der Waals surface area contributed by atoms with E-state index in [-0.39, 0.29) is 11.9 Å². The van der Waals surface area contributed by atoms with Gasteiger partial charge >= 0.3 is 5.97 Å². The Bertz CT molecular complexity index is 740. The molecule has 0 spiro atoms. The highest BCUT2D eigenvalue weighted by Gasteiger charge is 2.48. The highest BCUT2D eigenvalue weighted by Crippen LogP contribution is 2.40. The van der Waals surface area contributed by atoms with Crippen LogP contribution >= 0.6 is 0 Å². The zero-order valence-corrected chi connectivity index (χ0v) is 15.3. The van der Waals surface area contributed by atoms with E-state index in [4.69, 9.17) is 4.74 Å². The lowest BCUT2D eigenvalue weighted by Crippen LogP contribution is -2.40. The van der Waals surface area contributed by atoms with E-state index in [2.05, 4.69) is 34.0 Å². The van der Waals surface area contributed by atoms with Crippen LogP contribution in [-0.2, 0) is 9.53 Å². The number of aromatic nitrogens is 4. The number of carbonyl (C=O) groups is 1. The van der Waals surface area contributed by atoms with Gasteiger partial charge in [0.25, 0.3) is 0 Å². The highest BCUT2D eigenvalue weighted by molar-refractivity contribution is 5.79. The Morgan fingerprint density at radius 3 is 2.56 bits per heavy atom. The summed E-state index contributed by atoms with van der Waals surface area (Å²) in [6.07, 6.45) is 2.63. The number of aryl methyl sites for hydroxylation is 1.